The highest BCUT2D eigenvalue weighted by Crippen LogP contribution is 2.31. The molecule has 2 nitrogen and oxygen atoms in total. The third kappa shape index (κ3) is 3.38. The van der Waals surface area contributed by atoms with E-state index in [1.54, 1.807) is 12.1 Å². The molecule has 0 saturated carbocycles. The van der Waals surface area contributed by atoms with Gasteiger partial charge in [0, 0.05) is 6.04 Å². The maximum absolute atomic E-state index is 12.0. The lowest BCUT2D eigenvalue weighted by molar-refractivity contribution is -0.274. The van der Waals surface area contributed by atoms with Gasteiger partial charge in [-0.2, -0.15) is 0 Å². The minimum atomic E-state index is -4.63. The number of ether oxygens (including phenoxy) is 1. The van der Waals surface area contributed by atoms with E-state index in [4.69, 9.17) is 0 Å². The minimum absolute atomic E-state index is 0.173. The standard InChI is InChI=1S/C13H15F3NO/c1-17-9-3-2-4-12(17)10-5-7-11(8-6-10)18-13(14,15)16/h2,5-8,12H,3-4,9H2,1H3. The van der Waals surface area contributed by atoms with Gasteiger partial charge in [-0.25, -0.2) is 0 Å². The molecule has 1 atom stereocenters. The van der Waals surface area contributed by atoms with Crippen molar-refractivity contribution in [3.8, 4) is 5.75 Å². The van der Waals surface area contributed by atoms with E-state index < -0.39 is 6.36 Å². The van der Waals surface area contributed by atoms with Crippen molar-refractivity contribution in [1.82, 2.24) is 4.90 Å². The Hall–Kier alpha value is -1.23. The molecule has 0 aliphatic carbocycles. The predicted octanol–water partition coefficient (Wildman–Crippen LogP) is 3.56. The van der Waals surface area contributed by atoms with Crippen molar-refractivity contribution in [2.45, 2.75) is 25.2 Å². The second-order valence-electron chi connectivity index (χ2n) is 4.43. The lowest BCUT2D eigenvalue weighted by atomic mass is 9.96. The quantitative estimate of drug-likeness (QED) is 0.804. The fourth-order valence-electron chi connectivity index (χ4n) is 2.19. The summed E-state index contributed by atoms with van der Waals surface area (Å²) in [7, 11) is 2.03. The molecule has 99 valence electrons. The molecular formula is C13H15F3NO. The van der Waals surface area contributed by atoms with E-state index in [0.29, 0.717) is 0 Å². The molecule has 1 aliphatic rings. The Balaban J connectivity index is 2.07. The highest BCUT2D eigenvalue weighted by Gasteiger charge is 2.31. The number of nitrogens with zero attached hydrogens (tertiary/aromatic N) is 1. The average molecular weight is 258 g/mol. The Labute approximate surface area is 104 Å². The Morgan fingerprint density at radius 1 is 1.22 bits per heavy atom. The number of likely N-dealkylation sites (tertiary alicyclic amines) is 1. The second-order valence-corrected chi connectivity index (χ2v) is 4.43. The van der Waals surface area contributed by atoms with Crippen LogP contribution in [0.2, 0.25) is 0 Å². The summed E-state index contributed by atoms with van der Waals surface area (Å²) in [6.07, 6.45) is -0.431. The van der Waals surface area contributed by atoms with Crippen molar-refractivity contribution >= 4 is 0 Å². The number of hydrogen-bond acceptors (Lipinski definition) is 2. The van der Waals surface area contributed by atoms with Crippen LogP contribution in [0.15, 0.2) is 24.3 Å². The first-order valence-corrected chi connectivity index (χ1v) is 5.83. The number of halogens is 3. The first-order chi connectivity index (χ1) is 8.46. The average Bonchev–Trinajstić information content (AvgIpc) is 2.29. The molecular weight excluding hydrogens is 243 g/mol. The number of benzene rings is 1. The summed E-state index contributed by atoms with van der Waals surface area (Å²) in [5, 5.41) is 0. The van der Waals surface area contributed by atoms with Crippen LogP contribution >= 0.6 is 0 Å². The molecule has 1 aromatic carbocycles. The van der Waals surface area contributed by atoms with E-state index in [-0.39, 0.29) is 11.8 Å². The van der Waals surface area contributed by atoms with Gasteiger partial charge in [0.15, 0.2) is 0 Å². The van der Waals surface area contributed by atoms with Crippen LogP contribution in [0.4, 0.5) is 13.2 Å². The van der Waals surface area contributed by atoms with Crippen LogP contribution in [0.25, 0.3) is 0 Å². The Kier molecular flexibility index (Phi) is 3.80. The molecule has 1 radical (unpaired) electrons. The highest BCUT2D eigenvalue weighted by molar-refractivity contribution is 5.29. The van der Waals surface area contributed by atoms with Gasteiger partial charge in [0.2, 0.25) is 0 Å². The molecule has 1 aromatic rings. The van der Waals surface area contributed by atoms with Crippen molar-refractivity contribution in [2.75, 3.05) is 13.6 Å². The number of hydrogen-bond donors (Lipinski definition) is 0. The van der Waals surface area contributed by atoms with Gasteiger partial charge in [0.05, 0.1) is 0 Å². The SMILES string of the molecule is CN1CC[CH]CC1c1ccc(OC(F)(F)F)cc1. The van der Waals surface area contributed by atoms with Gasteiger partial charge in [0.1, 0.15) is 5.75 Å². The van der Waals surface area contributed by atoms with Crippen molar-refractivity contribution in [1.29, 1.82) is 0 Å². The topological polar surface area (TPSA) is 12.5 Å². The van der Waals surface area contributed by atoms with Gasteiger partial charge < -0.3 is 4.74 Å². The molecule has 1 saturated heterocycles. The molecule has 2 rings (SSSR count). The maximum Gasteiger partial charge on any atom is 0.573 e. The smallest absolute Gasteiger partial charge is 0.406 e. The summed E-state index contributed by atoms with van der Waals surface area (Å²) in [6.45, 7) is 0.978. The van der Waals surface area contributed by atoms with Gasteiger partial charge in [-0.1, -0.05) is 12.1 Å². The lowest BCUT2D eigenvalue weighted by Gasteiger charge is -2.32. The van der Waals surface area contributed by atoms with Crippen LogP contribution in [0, 0.1) is 6.42 Å². The molecule has 0 N–H and O–H groups in total. The Morgan fingerprint density at radius 3 is 2.44 bits per heavy atom. The molecule has 1 unspecified atom stereocenters. The molecule has 0 amide bonds. The molecule has 1 aliphatic heterocycles. The first-order valence-electron chi connectivity index (χ1n) is 5.83. The van der Waals surface area contributed by atoms with E-state index >= 15 is 0 Å². The third-order valence-corrected chi connectivity index (χ3v) is 3.11. The van der Waals surface area contributed by atoms with Crippen LogP contribution in [-0.4, -0.2) is 24.9 Å². The Morgan fingerprint density at radius 2 is 1.89 bits per heavy atom. The van der Waals surface area contributed by atoms with E-state index in [1.165, 1.54) is 12.1 Å². The summed E-state index contributed by atoms with van der Waals surface area (Å²) < 4.78 is 39.9. The Bertz CT molecular complexity index is 388. The van der Waals surface area contributed by atoms with E-state index in [2.05, 4.69) is 16.1 Å². The monoisotopic (exact) mass is 258 g/mol. The lowest BCUT2D eigenvalue weighted by Crippen LogP contribution is -2.29. The summed E-state index contributed by atoms with van der Waals surface area (Å²) in [4.78, 5) is 2.21. The minimum Gasteiger partial charge on any atom is -0.406 e. The van der Waals surface area contributed by atoms with Crippen molar-refractivity contribution in [2.24, 2.45) is 0 Å². The summed E-state index contributed by atoms with van der Waals surface area (Å²) >= 11 is 0. The molecule has 1 fully saturated rings. The van der Waals surface area contributed by atoms with Crippen LogP contribution in [0.1, 0.15) is 24.4 Å². The highest BCUT2D eigenvalue weighted by atomic mass is 19.4. The van der Waals surface area contributed by atoms with Crippen LogP contribution in [0.5, 0.6) is 5.75 Å². The normalized spacial score (nSPS) is 21.9. The largest absolute Gasteiger partial charge is 0.573 e. The van der Waals surface area contributed by atoms with Crippen LogP contribution in [-0.2, 0) is 0 Å². The number of piperidine rings is 1. The molecule has 0 bridgehead atoms. The maximum atomic E-state index is 12.0. The first kappa shape index (κ1) is 13.2. The van der Waals surface area contributed by atoms with Gasteiger partial charge in [-0.05, 0) is 50.6 Å². The molecule has 0 aromatic heterocycles. The molecule has 0 spiro atoms. The number of rotatable bonds is 2. The van der Waals surface area contributed by atoms with Gasteiger partial charge in [0.25, 0.3) is 0 Å². The van der Waals surface area contributed by atoms with Gasteiger partial charge in [-0.15, -0.1) is 13.2 Å². The van der Waals surface area contributed by atoms with Crippen molar-refractivity contribution in [3.63, 3.8) is 0 Å². The summed E-state index contributed by atoms with van der Waals surface area (Å²) in [6, 6.07) is 6.37. The fourth-order valence-corrected chi connectivity index (χ4v) is 2.19. The van der Waals surface area contributed by atoms with Crippen molar-refractivity contribution in [3.05, 3.63) is 36.2 Å². The van der Waals surface area contributed by atoms with E-state index in [0.717, 1.165) is 24.9 Å². The summed E-state index contributed by atoms with van der Waals surface area (Å²) in [5.41, 5.74) is 1.02. The van der Waals surface area contributed by atoms with Gasteiger partial charge >= 0.3 is 6.36 Å². The summed E-state index contributed by atoms with van der Waals surface area (Å²) in [5.74, 6) is -0.173. The zero-order chi connectivity index (χ0) is 13.2. The zero-order valence-corrected chi connectivity index (χ0v) is 10.1. The van der Waals surface area contributed by atoms with Crippen molar-refractivity contribution < 1.29 is 17.9 Å². The van der Waals surface area contributed by atoms with Gasteiger partial charge in [-0.3, -0.25) is 4.90 Å². The van der Waals surface area contributed by atoms with Crippen LogP contribution < -0.4 is 4.74 Å². The number of alkyl halides is 3. The molecule has 18 heavy (non-hydrogen) atoms. The second kappa shape index (κ2) is 5.18. The predicted molar refractivity (Wildman–Crippen MR) is 62.0 cm³/mol. The third-order valence-electron chi connectivity index (χ3n) is 3.11. The molecule has 1 heterocycles. The fraction of sp³-hybridized carbons (Fsp3) is 0.462. The van der Waals surface area contributed by atoms with E-state index in [1.807, 2.05) is 7.05 Å². The van der Waals surface area contributed by atoms with Crippen LogP contribution in [0.3, 0.4) is 0 Å². The van der Waals surface area contributed by atoms with E-state index in [9.17, 15) is 13.2 Å². The molecule has 5 heteroatoms. The zero-order valence-electron chi connectivity index (χ0n) is 10.1.